The highest BCUT2D eigenvalue weighted by atomic mass is 35.5. The van der Waals surface area contributed by atoms with Gasteiger partial charge in [0.05, 0.1) is 0 Å². The number of rotatable bonds is 3. The van der Waals surface area contributed by atoms with Crippen molar-refractivity contribution >= 4 is 22.4 Å². The molecule has 120 valence electrons. The van der Waals surface area contributed by atoms with E-state index in [2.05, 4.69) is 10.0 Å². The monoisotopic (exact) mass is 344 g/mol. The molecule has 0 aliphatic carbocycles. The van der Waals surface area contributed by atoms with Gasteiger partial charge in [-0.15, -0.1) is 12.4 Å². The van der Waals surface area contributed by atoms with Crippen LogP contribution in [-0.4, -0.2) is 27.0 Å². The Hall–Kier alpha value is -0.830. The van der Waals surface area contributed by atoms with E-state index in [1.807, 2.05) is 0 Å². The fraction of sp³-hybridized carbons (Fsp3) is 0.500. The van der Waals surface area contributed by atoms with Crippen molar-refractivity contribution in [3.63, 3.8) is 0 Å². The number of benzene rings is 1. The first kappa shape index (κ1) is 18.2. The quantitative estimate of drug-likeness (QED) is 0.824. The van der Waals surface area contributed by atoms with E-state index < -0.39 is 38.4 Å². The molecule has 2 rings (SSSR count). The Morgan fingerprint density at radius 2 is 1.90 bits per heavy atom. The van der Waals surface area contributed by atoms with Gasteiger partial charge >= 0.3 is 0 Å². The van der Waals surface area contributed by atoms with Crippen LogP contribution in [0.2, 0.25) is 0 Å². The smallest absolute Gasteiger partial charge is 0.243 e. The van der Waals surface area contributed by atoms with Gasteiger partial charge in [-0.05, 0) is 38.4 Å². The third kappa shape index (κ3) is 3.88. The van der Waals surface area contributed by atoms with Crippen LogP contribution in [0.4, 0.5) is 13.2 Å². The van der Waals surface area contributed by atoms with Gasteiger partial charge in [0.25, 0.3) is 0 Å². The Balaban J connectivity index is 0.00000220. The highest BCUT2D eigenvalue weighted by molar-refractivity contribution is 7.89. The number of hydrogen-bond acceptors (Lipinski definition) is 3. The summed E-state index contributed by atoms with van der Waals surface area (Å²) in [6.07, 6.45) is 1.37. The molecule has 0 amide bonds. The number of hydrogen-bond donors (Lipinski definition) is 2. The lowest BCUT2D eigenvalue weighted by Crippen LogP contribution is -2.51. The fourth-order valence-corrected chi connectivity index (χ4v) is 3.60. The summed E-state index contributed by atoms with van der Waals surface area (Å²) in [6.45, 7) is 2.58. The van der Waals surface area contributed by atoms with E-state index in [4.69, 9.17) is 0 Å². The summed E-state index contributed by atoms with van der Waals surface area (Å²) < 4.78 is 66.0. The topological polar surface area (TPSA) is 58.2 Å². The first-order chi connectivity index (χ1) is 9.33. The number of halogens is 4. The molecule has 2 N–H and O–H groups in total. The molecule has 1 aliphatic heterocycles. The molecule has 0 spiro atoms. The van der Waals surface area contributed by atoms with E-state index in [1.54, 1.807) is 6.92 Å². The Labute approximate surface area is 127 Å². The lowest BCUT2D eigenvalue weighted by atomic mass is 10.0. The molecule has 1 saturated heterocycles. The zero-order chi connectivity index (χ0) is 14.9. The molecule has 1 heterocycles. The maximum Gasteiger partial charge on any atom is 0.243 e. The number of sulfonamides is 1. The average molecular weight is 345 g/mol. The van der Waals surface area contributed by atoms with Gasteiger partial charge in [-0.25, -0.2) is 26.3 Å². The zero-order valence-corrected chi connectivity index (χ0v) is 12.8. The Kier molecular flexibility index (Phi) is 6.03. The summed E-state index contributed by atoms with van der Waals surface area (Å²) in [7, 11) is -4.23. The fourth-order valence-electron chi connectivity index (χ4n) is 2.18. The van der Waals surface area contributed by atoms with Crippen molar-refractivity contribution in [2.75, 3.05) is 6.54 Å². The second kappa shape index (κ2) is 6.95. The summed E-state index contributed by atoms with van der Waals surface area (Å²) >= 11 is 0. The molecule has 0 aromatic heterocycles. The van der Waals surface area contributed by atoms with Crippen molar-refractivity contribution in [1.82, 2.24) is 10.0 Å². The third-order valence-electron chi connectivity index (χ3n) is 3.36. The molecule has 1 fully saturated rings. The standard InChI is InChI=1S/C12H15F3N2O2S.ClH/c1-7-9(3-2-6-16-7)17-20(18,19)10-5-4-8(13)11(14)12(10)15;/h4-5,7,9,16-17H,2-3,6H2,1H3;1H. The molecule has 1 aromatic carbocycles. The van der Waals surface area contributed by atoms with Crippen LogP contribution in [0.15, 0.2) is 17.0 Å². The molecule has 0 bridgehead atoms. The van der Waals surface area contributed by atoms with Crippen LogP contribution in [-0.2, 0) is 10.0 Å². The largest absolute Gasteiger partial charge is 0.313 e. The van der Waals surface area contributed by atoms with Crippen LogP contribution in [0.5, 0.6) is 0 Å². The predicted octanol–water partition coefficient (Wildman–Crippen LogP) is 1.94. The number of nitrogens with one attached hydrogen (secondary N) is 2. The Morgan fingerprint density at radius 1 is 1.24 bits per heavy atom. The van der Waals surface area contributed by atoms with Gasteiger partial charge in [-0.1, -0.05) is 0 Å². The summed E-state index contributed by atoms with van der Waals surface area (Å²) in [5.74, 6) is -4.91. The maximum atomic E-state index is 13.6. The van der Waals surface area contributed by atoms with E-state index in [9.17, 15) is 21.6 Å². The first-order valence-electron chi connectivity index (χ1n) is 6.22. The van der Waals surface area contributed by atoms with E-state index in [0.717, 1.165) is 19.0 Å². The van der Waals surface area contributed by atoms with Crippen LogP contribution >= 0.6 is 12.4 Å². The van der Waals surface area contributed by atoms with Crippen LogP contribution in [0, 0.1) is 17.5 Å². The van der Waals surface area contributed by atoms with Gasteiger partial charge in [0.1, 0.15) is 4.90 Å². The van der Waals surface area contributed by atoms with Gasteiger partial charge < -0.3 is 5.32 Å². The zero-order valence-electron chi connectivity index (χ0n) is 11.2. The van der Waals surface area contributed by atoms with E-state index in [1.165, 1.54) is 0 Å². The van der Waals surface area contributed by atoms with Crippen molar-refractivity contribution in [3.05, 3.63) is 29.6 Å². The van der Waals surface area contributed by atoms with Gasteiger partial charge in [-0.2, -0.15) is 0 Å². The molecule has 4 nitrogen and oxygen atoms in total. The van der Waals surface area contributed by atoms with Crippen molar-refractivity contribution in [2.24, 2.45) is 0 Å². The number of piperidine rings is 1. The summed E-state index contributed by atoms with van der Waals surface area (Å²) in [6, 6.07) is 0.778. The van der Waals surface area contributed by atoms with E-state index >= 15 is 0 Å². The molecular formula is C12H16ClF3N2O2S. The van der Waals surface area contributed by atoms with Gasteiger partial charge in [0, 0.05) is 12.1 Å². The lowest BCUT2D eigenvalue weighted by molar-refractivity contribution is 0.348. The lowest BCUT2D eigenvalue weighted by Gasteiger charge is -2.30. The van der Waals surface area contributed by atoms with Crippen molar-refractivity contribution in [3.8, 4) is 0 Å². The van der Waals surface area contributed by atoms with Crippen molar-refractivity contribution < 1.29 is 21.6 Å². The van der Waals surface area contributed by atoms with Crippen molar-refractivity contribution in [2.45, 2.75) is 36.7 Å². The van der Waals surface area contributed by atoms with Crippen LogP contribution in [0.3, 0.4) is 0 Å². The minimum Gasteiger partial charge on any atom is -0.313 e. The third-order valence-corrected chi connectivity index (χ3v) is 4.86. The van der Waals surface area contributed by atoms with Crippen LogP contribution in [0.1, 0.15) is 19.8 Å². The highest BCUT2D eigenvalue weighted by Crippen LogP contribution is 2.21. The average Bonchev–Trinajstić information content (AvgIpc) is 2.38. The molecule has 9 heteroatoms. The predicted molar refractivity (Wildman–Crippen MR) is 74.4 cm³/mol. The SMILES string of the molecule is CC1NCCCC1NS(=O)(=O)c1ccc(F)c(F)c1F.Cl. The Morgan fingerprint density at radius 3 is 2.52 bits per heavy atom. The normalized spacial score (nSPS) is 22.7. The first-order valence-corrected chi connectivity index (χ1v) is 7.70. The van der Waals surface area contributed by atoms with Crippen molar-refractivity contribution in [1.29, 1.82) is 0 Å². The van der Waals surface area contributed by atoms with Gasteiger partial charge in [0.2, 0.25) is 10.0 Å². The van der Waals surface area contributed by atoms with Crippen LogP contribution < -0.4 is 10.0 Å². The molecular weight excluding hydrogens is 329 g/mol. The molecule has 2 atom stereocenters. The van der Waals surface area contributed by atoms with Gasteiger partial charge in [-0.3, -0.25) is 0 Å². The second-order valence-electron chi connectivity index (χ2n) is 4.79. The molecule has 0 saturated carbocycles. The second-order valence-corrected chi connectivity index (χ2v) is 6.47. The maximum absolute atomic E-state index is 13.6. The van der Waals surface area contributed by atoms with Crippen LogP contribution in [0.25, 0.3) is 0 Å². The van der Waals surface area contributed by atoms with Gasteiger partial charge in [0.15, 0.2) is 17.5 Å². The molecule has 1 aromatic rings. The highest BCUT2D eigenvalue weighted by Gasteiger charge is 2.29. The van der Waals surface area contributed by atoms with E-state index in [0.29, 0.717) is 12.5 Å². The van der Waals surface area contributed by atoms with E-state index in [-0.39, 0.29) is 18.4 Å². The minimum absolute atomic E-state index is 0. The molecule has 1 aliphatic rings. The summed E-state index contributed by atoms with van der Waals surface area (Å²) in [5, 5.41) is 3.09. The minimum atomic E-state index is -4.23. The molecule has 0 radical (unpaired) electrons. The summed E-state index contributed by atoms with van der Waals surface area (Å²) in [4.78, 5) is -0.880. The Bertz CT molecular complexity index is 613. The molecule has 21 heavy (non-hydrogen) atoms. The summed E-state index contributed by atoms with van der Waals surface area (Å²) in [5.41, 5.74) is 0. The molecule has 2 unspecified atom stereocenters.